The molecule has 0 spiro atoms. The van der Waals surface area contributed by atoms with Gasteiger partial charge in [-0.2, -0.15) is 0 Å². The minimum Gasteiger partial charge on any atom is -0.333 e. The van der Waals surface area contributed by atoms with E-state index in [1.165, 1.54) is 0 Å². The van der Waals surface area contributed by atoms with E-state index in [0.29, 0.717) is 12.2 Å². The van der Waals surface area contributed by atoms with Gasteiger partial charge in [0.05, 0.1) is 22.2 Å². The Labute approximate surface area is 155 Å². The number of nitrogens with zero attached hydrogens (tertiary/aromatic N) is 2. The molecular weight excluding hydrogens is 344 g/mol. The number of aromatic nitrogens is 3. The zero-order chi connectivity index (χ0) is 17.9. The van der Waals surface area contributed by atoms with E-state index in [9.17, 15) is 4.79 Å². The Bertz CT molecular complexity index is 1060. The summed E-state index contributed by atoms with van der Waals surface area (Å²) in [4.78, 5) is 24.6. The highest BCUT2D eigenvalue weighted by molar-refractivity contribution is 7.99. The topological polar surface area (TPSA) is 70.7 Å². The summed E-state index contributed by atoms with van der Waals surface area (Å²) in [5.41, 5.74) is 4.54. The Morgan fingerprint density at radius 1 is 1.08 bits per heavy atom. The van der Waals surface area contributed by atoms with Crippen LogP contribution in [0.1, 0.15) is 12.1 Å². The Balaban J connectivity index is 1.40. The second-order valence-electron chi connectivity index (χ2n) is 6.03. The first-order valence-electron chi connectivity index (χ1n) is 8.43. The summed E-state index contributed by atoms with van der Waals surface area (Å²) in [6, 6.07) is 17.6. The number of aromatic amines is 1. The maximum atomic E-state index is 12.4. The molecule has 2 aromatic carbocycles. The van der Waals surface area contributed by atoms with Gasteiger partial charge in [0.2, 0.25) is 5.91 Å². The van der Waals surface area contributed by atoms with Crippen LogP contribution in [-0.2, 0) is 4.79 Å². The smallest absolute Gasteiger partial charge is 0.225 e. The van der Waals surface area contributed by atoms with E-state index in [1.54, 1.807) is 11.8 Å². The van der Waals surface area contributed by atoms with Crippen LogP contribution in [0.25, 0.3) is 21.9 Å². The summed E-state index contributed by atoms with van der Waals surface area (Å²) in [7, 11) is 0. The van der Waals surface area contributed by atoms with Gasteiger partial charge in [-0.25, -0.2) is 4.98 Å². The van der Waals surface area contributed by atoms with E-state index >= 15 is 0 Å². The van der Waals surface area contributed by atoms with Gasteiger partial charge in [0.15, 0.2) is 5.16 Å². The molecule has 4 aromatic rings. The average molecular weight is 362 g/mol. The number of para-hydroxylation sites is 3. The number of amides is 1. The standard InChI is InChI=1S/C20H18N4OS/c1-13-12-18(14-6-2-3-7-15(14)21-13)22-19(25)10-11-26-20-23-16-8-4-5-9-17(16)24-20/h2-9,12H,10-11H2,1H3,(H,23,24)(H,21,22,25). The number of nitrogens with one attached hydrogen (secondary N) is 2. The molecular formula is C20H18N4OS. The highest BCUT2D eigenvalue weighted by atomic mass is 32.2. The third kappa shape index (κ3) is 3.55. The van der Waals surface area contributed by atoms with E-state index in [0.717, 1.165) is 38.5 Å². The summed E-state index contributed by atoms with van der Waals surface area (Å²) in [5, 5.41) is 4.81. The number of thioether (sulfide) groups is 1. The predicted molar refractivity (Wildman–Crippen MR) is 107 cm³/mol. The lowest BCUT2D eigenvalue weighted by Gasteiger charge is -2.09. The van der Waals surface area contributed by atoms with Crippen LogP contribution in [0, 0.1) is 6.92 Å². The summed E-state index contributed by atoms with van der Waals surface area (Å²) >= 11 is 1.55. The molecule has 2 heterocycles. The Hall–Kier alpha value is -2.86. The molecule has 26 heavy (non-hydrogen) atoms. The summed E-state index contributed by atoms with van der Waals surface area (Å²) < 4.78 is 0. The number of hydrogen-bond acceptors (Lipinski definition) is 4. The van der Waals surface area contributed by atoms with Crippen LogP contribution >= 0.6 is 11.8 Å². The first-order valence-corrected chi connectivity index (χ1v) is 9.41. The van der Waals surface area contributed by atoms with Crippen LogP contribution in [-0.4, -0.2) is 26.6 Å². The molecule has 0 aliphatic carbocycles. The lowest BCUT2D eigenvalue weighted by Crippen LogP contribution is -2.13. The molecule has 0 atom stereocenters. The molecule has 0 saturated heterocycles. The highest BCUT2D eigenvalue weighted by Gasteiger charge is 2.09. The Morgan fingerprint density at radius 2 is 1.85 bits per heavy atom. The first kappa shape index (κ1) is 16.6. The van der Waals surface area contributed by atoms with Crippen molar-refractivity contribution in [2.75, 3.05) is 11.1 Å². The molecule has 0 aliphatic heterocycles. The fraction of sp³-hybridized carbons (Fsp3) is 0.150. The van der Waals surface area contributed by atoms with Crippen LogP contribution in [0.3, 0.4) is 0 Å². The van der Waals surface area contributed by atoms with Gasteiger partial charge >= 0.3 is 0 Å². The number of fused-ring (bicyclic) bond motifs is 2. The maximum Gasteiger partial charge on any atom is 0.225 e. The third-order valence-electron chi connectivity index (χ3n) is 4.05. The normalized spacial score (nSPS) is 11.1. The summed E-state index contributed by atoms with van der Waals surface area (Å²) in [5.74, 6) is 0.651. The number of benzene rings is 2. The zero-order valence-electron chi connectivity index (χ0n) is 14.3. The van der Waals surface area contributed by atoms with E-state index in [4.69, 9.17) is 0 Å². The average Bonchev–Trinajstić information content (AvgIpc) is 3.04. The van der Waals surface area contributed by atoms with Crippen molar-refractivity contribution in [1.82, 2.24) is 15.0 Å². The fourth-order valence-electron chi connectivity index (χ4n) is 2.86. The molecule has 0 unspecified atom stereocenters. The minimum absolute atomic E-state index is 0.00985. The molecule has 4 rings (SSSR count). The predicted octanol–water partition coefficient (Wildman–Crippen LogP) is 4.54. The number of carbonyl (C=O) groups is 1. The highest BCUT2D eigenvalue weighted by Crippen LogP contribution is 2.24. The van der Waals surface area contributed by atoms with Gasteiger partial charge < -0.3 is 10.3 Å². The van der Waals surface area contributed by atoms with Gasteiger partial charge in [0.1, 0.15) is 0 Å². The molecule has 0 radical (unpaired) electrons. The Kier molecular flexibility index (Phi) is 4.58. The van der Waals surface area contributed by atoms with E-state index < -0.39 is 0 Å². The van der Waals surface area contributed by atoms with Gasteiger partial charge in [-0.15, -0.1) is 0 Å². The van der Waals surface area contributed by atoms with Gasteiger partial charge in [-0.05, 0) is 31.2 Å². The van der Waals surface area contributed by atoms with Gasteiger partial charge in [-0.3, -0.25) is 9.78 Å². The molecule has 6 heteroatoms. The van der Waals surface area contributed by atoms with Crippen molar-refractivity contribution in [1.29, 1.82) is 0 Å². The van der Waals surface area contributed by atoms with Crippen molar-refractivity contribution < 1.29 is 4.79 Å². The van der Waals surface area contributed by atoms with Gasteiger partial charge in [-0.1, -0.05) is 42.1 Å². The lowest BCUT2D eigenvalue weighted by atomic mass is 10.1. The molecule has 130 valence electrons. The Morgan fingerprint density at radius 3 is 2.69 bits per heavy atom. The number of anilines is 1. The molecule has 2 N–H and O–H groups in total. The van der Waals surface area contributed by atoms with Crippen molar-refractivity contribution in [2.45, 2.75) is 18.5 Å². The second-order valence-corrected chi connectivity index (χ2v) is 7.12. The number of pyridine rings is 1. The number of H-pyrrole nitrogens is 1. The molecule has 0 aliphatic rings. The summed E-state index contributed by atoms with van der Waals surface area (Å²) in [6.45, 7) is 1.93. The van der Waals surface area contributed by atoms with E-state index in [-0.39, 0.29) is 5.91 Å². The van der Waals surface area contributed by atoms with Crippen LogP contribution < -0.4 is 5.32 Å². The first-order chi connectivity index (χ1) is 12.7. The number of carbonyl (C=O) groups excluding carboxylic acids is 1. The molecule has 5 nitrogen and oxygen atoms in total. The SMILES string of the molecule is Cc1cc(NC(=O)CCSc2nc3ccccc3[nH]2)c2ccccc2n1. The lowest BCUT2D eigenvalue weighted by molar-refractivity contribution is -0.115. The quantitative estimate of drug-likeness (QED) is 0.511. The largest absolute Gasteiger partial charge is 0.333 e. The second kappa shape index (κ2) is 7.17. The molecule has 0 saturated carbocycles. The maximum absolute atomic E-state index is 12.4. The zero-order valence-corrected chi connectivity index (χ0v) is 15.1. The van der Waals surface area contributed by atoms with Gasteiger partial charge in [0.25, 0.3) is 0 Å². The van der Waals surface area contributed by atoms with E-state index in [1.807, 2.05) is 61.5 Å². The van der Waals surface area contributed by atoms with Crippen molar-refractivity contribution >= 4 is 45.3 Å². The number of aryl methyl sites for hydroxylation is 1. The summed E-state index contributed by atoms with van der Waals surface area (Å²) in [6.07, 6.45) is 0.414. The molecule has 1 amide bonds. The van der Waals surface area contributed by atoms with Crippen LogP contribution in [0.2, 0.25) is 0 Å². The van der Waals surface area contributed by atoms with Gasteiger partial charge in [0, 0.05) is 23.3 Å². The number of imidazole rings is 1. The third-order valence-corrected chi connectivity index (χ3v) is 4.93. The monoisotopic (exact) mass is 362 g/mol. The fourth-order valence-corrected chi connectivity index (χ4v) is 3.69. The van der Waals surface area contributed by atoms with Crippen LogP contribution in [0.4, 0.5) is 5.69 Å². The number of rotatable bonds is 5. The van der Waals surface area contributed by atoms with Crippen molar-refractivity contribution in [3.8, 4) is 0 Å². The van der Waals surface area contributed by atoms with Crippen LogP contribution in [0.5, 0.6) is 0 Å². The van der Waals surface area contributed by atoms with Crippen molar-refractivity contribution in [2.24, 2.45) is 0 Å². The molecule has 0 fully saturated rings. The number of hydrogen-bond donors (Lipinski definition) is 2. The van der Waals surface area contributed by atoms with Crippen molar-refractivity contribution in [3.05, 3.63) is 60.3 Å². The molecule has 0 bridgehead atoms. The minimum atomic E-state index is -0.00985. The molecule has 2 aromatic heterocycles. The van der Waals surface area contributed by atoms with Crippen molar-refractivity contribution in [3.63, 3.8) is 0 Å². The van der Waals surface area contributed by atoms with Crippen LogP contribution in [0.15, 0.2) is 59.8 Å². The van der Waals surface area contributed by atoms with E-state index in [2.05, 4.69) is 20.3 Å².